The van der Waals surface area contributed by atoms with Crippen molar-refractivity contribution >= 4 is 17.5 Å². The topological polar surface area (TPSA) is 101 Å². The highest BCUT2D eigenvalue weighted by Gasteiger charge is 2.21. The van der Waals surface area contributed by atoms with Gasteiger partial charge in [0.1, 0.15) is 0 Å². The first kappa shape index (κ1) is 16.7. The van der Waals surface area contributed by atoms with Crippen LogP contribution < -0.4 is 11.1 Å². The predicted octanol–water partition coefficient (Wildman–Crippen LogP) is 2.51. The molecule has 1 aromatic carbocycles. The Morgan fingerprint density at radius 2 is 2.09 bits per heavy atom. The minimum atomic E-state index is -0.665. The largest absolute Gasteiger partial charge is 0.364 e. The molecule has 6 nitrogen and oxygen atoms in total. The van der Waals surface area contributed by atoms with Crippen molar-refractivity contribution in [2.24, 2.45) is 5.73 Å². The number of primary amides is 1. The zero-order valence-electron chi connectivity index (χ0n) is 13.6. The molecule has 122 valence electrons. The average molecular weight is 314 g/mol. The molecule has 0 aliphatic rings. The maximum atomic E-state index is 12.2. The van der Waals surface area contributed by atoms with Gasteiger partial charge in [-0.15, -0.1) is 0 Å². The van der Waals surface area contributed by atoms with E-state index in [2.05, 4.69) is 21.6 Å². The van der Waals surface area contributed by atoms with Crippen molar-refractivity contribution in [1.82, 2.24) is 10.2 Å². The molecule has 0 aliphatic heterocycles. The summed E-state index contributed by atoms with van der Waals surface area (Å²) in [5.74, 6) is -0.748. The van der Waals surface area contributed by atoms with Gasteiger partial charge in [-0.2, -0.15) is 5.10 Å². The Kier molecular flexibility index (Phi) is 5.16. The summed E-state index contributed by atoms with van der Waals surface area (Å²) in [6.07, 6.45) is 0.957. The number of aromatic amines is 1. The quantitative estimate of drug-likeness (QED) is 0.763. The fourth-order valence-corrected chi connectivity index (χ4v) is 2.41. The Labute approximate surface area is 135 Å². The van der Waals surface area contributed by atoms with Gasteiger partial charge in [-0.05, 0) is 24.8 Å². The highest BCUT2D eigenvalue weighted by molar-refractivity contribution is 6.02. The van der Waals surface area contributed by atoms with Crippen LogP contribution in [0.4, 0.5) is 5.69 Å². The SMILES string of the molecule is Cc1cccc(CCC(=O)Nc2c(C(N)=O)n[nH]c2C(C)C)c1. The molecule has 4 N–H and O–H groups in total. The molecule has 0 radical (unpaired) electrons. The van der Waals surface area contributed by atoms with Crippen molar-refractivity contribution in [3.63, 3.8) is 0 Å². The molecule has 0 atom stereocenters. The molecule has 1 aromatic heterocycles. The lowest BCUT2D eigenvalue weighted by molar-refractivity contribution is -0.116. The van der Waals surface area contributed by atoms with Crippen molar-refractivity contribution in [3.8, 4) is 0 Å². The number of hydrogen-bond acceptors (Lipinski definition) is 3. The minimum absolute atomic E-state index is 0.0672. The third kappa shape index (κ3) is 4.18. The van der Waals surface area contributed by atoms with Crippen LogP contribution in [0.2, 0.25) is 0 Å². The molecule has 0 bridgehead atoms. The van der Waals surface area contributed by atoms with Crippen LogP contribution in [0, 0.1) is 6.92 Å². The van der Waals surface area contributed by atoms with Crippen LogP contribution in [0.1, 0.15) is 53.5 Å². The van der Waals surface area contributed by atoms with E-state index >= 15 is 0 Å². The van der Waals surface area contributed by atoms with Crippen LogP contribution in [0.5, 0.6) is 0 Å². The van der Waals surface area contributed by atoms with Gasteiger partial charge in [-0.25, -0.2) is 0 Å². The fraction of sp³-hybridized carbons (Fsp3) is 0.353. The van der Waals surface area contributed by atoms with Gasteiger partial charge in [0.05, 0.1) is 11.4 Å². The van der Waals surface area contributed by atoms with Crippen LogP contribution in [0.15, 0.2) is 24.3 Å². The monoisotopic (exact) mass is 314 g/mol. The first-order valence-corrected chi connectivity index (χ1v) is 7.62. The van der Waals surface area contributed by atoms with Crippen LogP contribution in [0.25, 0.3) is 0 Å². The molecule has 0 saturated heterocycles. The van der Waals surface area contributed by atoms with Crippen molar-refractivity contribution in [3.05, 3.63) is 46.8 Å². The van der Waals surface area contributed by atoms with Gasteiger partial charge in [0.15, 0.2) is 5.69 Å². The molecular weight excluding hydrogens is 292 g/mol. The molecule has 6 heteroatoms. The third-order valence-corrected chi connectivity index (χ3v) is 3.59. The van der Waals surface area contributed by atoms with E-state index < -0.39 is 5.91 Å². The van der Waals surface area contributed by atoms with Gasteiger partial charge in [0, 0.05) is 6.42 Å². The molecule has 0 unspecified atom stereocenters. The number of amides is 2. The number of aromatic nitrogens is 2. The Morgan fingerprint density at radius 1 is 1.35 bits per heavy atom. The number of anilines is 1. The van der Waals surface area contributed by atoms with E-state index in [-0.39, 0.29) is 17.5 Å². The molecule has 0 fully saturated rings. The summed E-state index contributed by atoms with van der Waals surface area (Å²) in [5, 5.41) is 9.45. The molecule has 0 aliphatic carbocycles. The normalized spacial score (nSPS) is 10.8. The number of rotatable bonds is 6. The van der Waals surface area contributed by atoms with Crippen LogP contribution in [-0.4, -0.2) is 22.0 Å². The third-order valence-electron chi connectivity index (χ3n) is 3.59. The van der Waals surface area contributed by atoms with Gasteiger partial charge in [-0.3, -0.25) is 14.7 Å². The number of nitrogens with one attached hydrogen (secondary N) is 2. The summed E-state index contributed by atoms with van der Waals surface area (Å²) in [5.41, 5.74) is 8.73. The van der Waals surface area contributed by atoms with E-state index in [9.17, 15) is 9.59 Å². The number of carbonyl (C=O) groups is 2. The molecule has 2 amide bonds. The summed E-state index contributed by atoms with van der Waals surface area (Å²) in [4.78, 5) is 23.7. The minimum Gasteiger partial charge on any atom is -0.364 e. The Morgan fingerprint density at radius 3 is 2.70 bits per heavy atom. The lowest BCUT2D eigenvalue weighted by atomic mass is 10.1. The standard InChI is InChI=1S/C17H22N4O2/c1-10(2)14-15(16(17(18)23)21-20-14)19-13(22)8-7-12-6-4-5-11(3)9-12/h4-6,9-10H,7-8H2,1-3H3,(H2,18,23)(H,19,22)(H,20,21). The highest BCUT2D eigenvalue weighted by Crippen LogP contribution is 2.25. The maximum Gasteiger partial charge on any atom is 0.271 e. The highest BCUT2D eigenvalue weighted by atomic mass is 16.2. The molecule has 0 saturated carbocycles. The summed E-state index contributed by atoms with van der Waals surface area (Å²) in [7, 11) is 0. The van der Waals surface area contributed by atoms with Gasteiger partial charge in [-0.1, -0.05) is 43.7 Å². The number of nitrogens with two attached hydrogens (primary N) is 1. The number of carbonyl (C=O) groups excluding carboxylic acids is 2. The number of hydrogen-bond donors (Lipinski definition) is 3. The molecule has 2 aromatic rings. The first-order valence-electron chi connectivity index (χ1n) is 7.62. The Bertz CT molecular complexity index is 719. The van der Waals surface area contributed by atoms with Gasteiger partial charge in [0.25, 0.3) is 5.91 Å². The number of benzene rings is 1. The number of H-pyrrole nitrogens is 1. The van der Waals surface area contributed by atoms with E-state index in [4.69, 9.17) is 5.73 Å². The average Bonchev–Trinajstić information content (AvgIpc) is 2.89. The van der Waals surface area contributed by atoms with Crippen molar-refractivity contribution < 1.29 is 9.59 Å². The summed E-state index contributed by atoms with van der Waals surface area (Å²) in [6, 6.07) is 8.04. The molecule has 2 rings (SSSR count). The van der Waals surface area contributed by atoms with Crippen molar-refractivity contribution in [2.75, 3.05) is 5.32 Å². The maximum absolute atomic E-state index is 12.2. The fourth-order valence-electron chi connectivity index (χ4n) is 2.41. The second-order valence-corrected chi connectivity index (χ2v) is 5.92. The van der Waals surface area contributed by atoms with Gasteiger partial charge in [0.2, 0.25) is 5.91 Å². The lowest BCUT2D eigenvalue weighted by Gasteiger charge is -2.09. The van der Waals surface area contributed by atoms with E-state index in [1.807, 2.05) is 39.0 Å². The second-order valence-electron chi connectivity index (χ2n) is 5.92. The van der Waals surface area contributed by atoms with E-state index in [1.54, 1.807) is 0 Å². The summed E-state index contributed by atoms with van der Waals surface area (Å²) < 4.78 is 0. The van der Waals surface area contributed by atoms with Crippen LogP contribution in [-0.2, 0) is 11.2 Å². The second kappa shape index (κ2) is 7.09. The van der Waals surface area contributed by atoms with Crippen LogP contribution >= 0.6 is 0 Å². The smallest absolute Gasteiger partial charge is 0.271 e. The Hall–Kier alpha value is -2.63. The summed E-state index contributed by atoms with van der Waals surface area (Å²) in [6.45, 7) is 5.91. The molecular formula is C17H22N4O2. The Balaban J connectivity index is 2.08. The molecule has 23 heavy (non-hydrogen) atoms. The molecule has 0 spiro atoms. The zero-order chi connectivity index (χ0) is 17.0. The number of nitrogens with zero attached hydrogens (tertiary/aromatic N) is 1. The lowest BCUT2D eigenvalue weighted by Crippen LogP contribution is -2.19. The van der Waals surface area contributed by atoms with E-state index in [1.165, 1.54) is 0 Å². The summed E-state index contributed by atoms with van der Waals surface area (Å²) >= 11 is 0. The van der Waals surface area contributed by atoms with E-state index in [0.717, 1.165) is 11.1 Å². The number of aryl methyl sites for hydroxylation is 2. The van der Waals surface area contributed by atoms with Crippen molar-refractivity contribution in [2.45, 2.75) is 39.5 Å². The molecule has 1 heterocycles. The van der Waals surface area contributed by atoms with Gasteiger partial charge < -0.3 is 11.1 Å². The van der Waals surface area contributed by atoms with E-state index in [0.29, 0.717) is 24.2 Å². The predicted molar refractivity (Wildman–Crippen MR) is 89.3 cm³/mol. The van der Waals surface area contributed by atoms with Gasteiger partial charge >= 0.3 is 0 Å². The zero-order valence-corrected chi connectivity index (χ0v) is 13.6. The van der Waals surface area contributed by atoms with Crippen molar-refractivity contribution in [1.29, 1.82) is 0 Å². The first-order chi connectivity index (χ1) is 10.9. The van der Waals surface area contributed by atoms with Crippen LogP contribution in [0.3, 0.4) is 0 Å².